The molecule has 0 atom stereocenters. The number of thiazole rings is 1. The van der Waals surface area contributed by atoms with E-state index in [1.54, 1.807) is 13.0 Å². The summed E-state index contributed by atoms with van der Waals surface area (Å²) in [5, 5.41) is 0.388. The predicted molar refractivity (Wildman–Crippen MR) is 60.1 cm³/mol. The van der Waals surface area contributed by atoms with Gasteiger partial charge in [-0.2, -0.15) is 0 Å². The predicted octanol–water partition coefficient (Wildman–Crippen LogP) is 2.78. The Balaban J connectivity index is 2.26. The fourth-order valence-electron chi connectivity index (χ4n) is 1.15. The number of hydrogen-bond acceptors (Lipinski definition) is 4. The van der Waals surface area contributed by atoms with Crippen molar-refractivity contribution in [3.63, 3.8) is 0 Å². The van der Waals surface area contributed by atoms with Gasteiger partial charge in [0.15, 0.2) is 0 Å². The minimum Gasteiger partial charge on any atom is -0.395 e. The number of carbonyl (C=O) groups excluding carboxylic acids is 1. The van der Waals surface area contributed by atoms with Crippen LogP contribution in [0.1, 0.15) is 6.92 Å². The minimum absolute atomic E-state index is 0.388. The third kappa shape index (κ3) is 2.22. The van der Waals surface area contributed by atoms with E-state index in [9.17, 15) is 4.79 Å². The first-order valence-corrected chi connectivity index (χ1v) is 5.31. The Morgan fingerprint density at radius 3 is 3.00 bits per heavy atom. The minimum atomic E-state index is -0.392. The van der Waals surface area contributed by atoms with Crippen LogP contribution in [0.3, 0.4) is 0 Å². The van der Waals surface area contributed by atoms with Crippen LogP contribution in [0, 0.1) is 0 Å². The Kier molecular flexibility index (Phi) is 2.78. The number of carbonyl (C=O) groups is 1. The van der Waals surface area contributed by atoms with Gasteiger partial charge in [-0.05, 0) is 19.1 Å². The molecule has 0 spiro atoms. The normalized spacial score (nSPS) is 11.0. The van der Waals surface area contributed by atoms with Gasteiger partial charge in [0, 0.05) is 6.08 Å². The summed E-state index contributed by atoms with van der Waals surface area (Å²) in [5.41, 5.74) is 0.853. The fourth-order valence-corrected chi connectivity index (χ4v) is 1.97. The topological polar surface area (TPSA) is 39.2 Å². The Hall–Kier alpha value is -1.68. The van der Waals surface area contributed by atoms with Gasteiger partial charge in [-0.1, -0.05) is 29.5 Å². The van der Waals surface area contributed by atoms with Crippen LogP contribution in [0.5, 0.6) is 5.19 Å². The third-order valence-corrected chi connectivity index (χ3v) is 2.68. The molecule has 2 rings (SSSR count). The van der Waals surface area contributed by atoms with Gasteiger partial charge in [-0.15, -0.1) is 0 Å². The maximum Gasteiger partial charge on any atom is 0.337 e. The van der Waals surface area contributed by atoms with Gasteiger partial charge in [-0.25, -0.2) is 9.78 Å². The number of ether oxygens (including phenoxy) is 1. The van der Waals surface area contributed by atoms with Crippen molar-refractivity contribution in [3.05, 3.63) is 36.4 Å². The monoisotopic (exact) mass is 219 g/mol. The van der Waals surface area contributed by atoms with Crippen molar-refractivity contribution in [1.29, 1.82) is 0 Å². The van der Waals surface area contributed by atoms with E-state index in [1.165, 1.54) is 17.4 Å². The number of hydrogen-bond donors (Lipinski definition) is 0. The second-order valence-corrected chi connectivity index (χ2v) is 3.86. The molecule has 1 heterocycles. The Morgan fingerprint density at radius 1 is 1.47 bits per heavy atom. The second kappa shape index (κ2) is 4.23. The molecule has 1 aromatic carbocycles. The summed E-state index contributed by atoms with van der Waals surface area (Å²) in [7, 11) is 0. The van der Waals surface area contributed by atoms with Crippen LogP contribution in [-0.2, 0) is 4.79 Å². The van der Waals surface area contributed by atoms with E-state index in [0.717, 1.165) is 10.2 Å². The number of allylic oxidation sites excluding steroid dienone is 1. The summed E-state index contributed by atoms with van der Waals surface area (Å²) >= 11 is 1.36. The lowest BCUT2D eigenvalue weighted by molar-refractivity contribution is -0.128. The number of aromatic nitrogens is 1. The molecule has 15 heavy (non-hydrogen) atoms. The molecule has 0 aliphatic rings. The van der Waals surface area contributed by atoms with Crippen LogP contribution in [-0.4, -0.2) is 11.0 Å². The van der Waals surface area contributed by atoms with E-state index in [4.69, 9.17) is 4.74 Å². The molecule has 0 aliphatic heterocycles. The highest BCUT2D eigenvalue weighted by Gasteiger charge is 2.06. The summed E-state index contributed by atoms with van der Waals surface area (Å²) in [4.78, 5) is 15.3. The second-order valence-electron chi connectivity index (χ2n) is 2.87. The molecule has 0 saturated carbocycles. The largest absolute Gasteiger partial charge is 0.395 e. The van der Waals surface area contributed by atoms with Crippen molar-refractivity contribution >= 4 is 27.5 Å². The lowest BCUT2D eigenvalue weighted by atomic mass is 10.3. The van der Waals surface area contributed by atoms with Crippen LogP contribution in [0.4, 0.5) is 0 Å². The van der Waals surface area contributed by atoms with Gasteiger partial charge in [0.1, 0.15) is 0 Å². The number of para-hydroxylation sites is 1. The van der Waals surface area contributed by atoms with E-state index in [1.807, 2.05) is 24.3 Å². The van der Waals surface area contributed by atoms with E-state index in [2.05, 4.69) is 4.98 Å². The number of nitrogens with zero attached hydrogens (tertiary/aromatic N) is 1. The molecule has 0 bridgehead atoms. The zero-order valence-corrected chi connectivity index (χ0v) is 8.95. The average Bonchev–Trinajstić information content (AvgIpc) is 2.59. The smallest absolute Gasteiger partial charge is 0.337 e. The molecular weight excluding hydrogens is 210 g/mol. The number of fused-ring (bicyclic) bond motifs is 1. The molecule has 3 nitrogen and oxygen atoms in total. The van der Waals surface area contributed by atoms with Gasteiger partial charge < -0.3 is 4.74 Å². The van der Waals surface area contributed by atoms with Crippen molar-refractivity contribution in [2.75, 3.05) is 0 Å². The van der Waals surface area contributed by atoms with Crippen molar-refractivity contribution in [3.8, 4) is 5.19 Å². The van der Waals surface area contributed by atoms with Crippen molar-refractivity contribution in [2.24, 2.45) is 0 Å². The van der Waals surface area contributed by atoms with Crippen LogP contribution in [0.25, 0.3) is 10.2 Å². The number of benzene rings is 1. The molecule has 2 aromatic rings. The molecule has 4 heteroatoms. The van der Waals surface area contributed by atoms with Gasteiger partial charge in [-0.3, -0.25) is 0 Å². The number of esters is 1. The third-order valence-electron chi connectivity index (χ3n) is 1.76. The highest BCUT2D eigenvalue weighted by atomic mass is 32.1. The molecule has 0 aliphatic carbocycles. The van der Waals surface area contributed by atoms with Crippen LogP contribution in [0.2, 0.25) is 0 Å². The summed E-state index contributed by atoms with van der Waals surface area (Å²) in [6, 6.07) is 7.66. The molecule has 0 unspecified atom stereocenters. The molecule has 0 N–H and O–H groups in total. The molecule has 1 aromatic heterocycles. The first-order valence-electron chi connectivity index (χ1n) is 4.49. The van der Waals surface area contributed by atoms with Crippen LogP contribution in [0.15, 0.2) is 36.4 Å². The molecule has 0 fully saturated rings. The van der Waals surface area contributed by atoms with Crippen molar-refractivity contribution < 1.29 is 9.53 Å². The summed E-state index contributed by atoms with van der Waals surface area (Å²) in [6.45, 7) is 1.76. The Morgan fingerprint density at radius 2 is 2.27 bits per heavy atom. The SMILES string of the molecule is C/C=C/C(=O)Oc1nc2ccccc2s1. The number of rotatable bonds is 2. The summed E-state index contributed by atoms with van der Waals surface area (Å²) < 4.78 is 6.04. The first kappa shape index (κ1) is 9.86. The van der Waals surface area contributed by atoms with Gasteiger partial charge in [0.05, 0.1) is 10.2 Å². The van der Waals surface area contributed by atoms with Gasteiger partial charge in [0.2, 0.25) is 0 Å². The lowest BCUT2D eigenvalue weighted by Crippen LogP contribution is -2.02. The van der Waals surface area contributed by atoms with Crippen LogP contribution < -0.4 is 4.74 Å². The van der Waals surface area contributed by atoms with E-state index < -0.39 is 5.97 Å². The van der Waals surface area contributed by atoms with E-state index >= 15 is 0 Å². The molecular formula is C11H9NO2S. The van der Waals surface area contributed by atoms with Crippen molar-refractivity contribution in [2.45, 2.75) is 6.92 Å². The van der Waals surface area contributed by atoms with E-state index in [0.29, 0.717) is 5.19 Å². The molecule has 0 saturated heterocycles. The van der Waals surface area contributed by atoms with E-state index in [-0.39, 0.29) is 0 Å². The molecule has 76 valence electrons. The zero-order valence-electron chi connectivity index (χ0n) is 8.14. The summed E-state index contributed by atoms with van der Waals surface area (Å²) in [5.74, 6) is -0.392. The van der Waals surface area contributed by atoms with Gasteiger partial charge >= 0.3 is 5.97 Å². The summed E-state index contributed by atoms with van der Waals surface area (Å²) in [6.07, 6.45) is 3.00. The Labute approximate surface area is 91.0 Å². The fraction of sp³-hybridized carbons (Fsp3) is 0.0909. The highest BCUT2D eigenvalue weighted by Crippen LogP contribution is 2.27. The average molecular weight is 219 g/mol. The van der Waals surface area contributed by atoms with Gasteiger partial charge in [0.25, 0.3) is 5.19 Å². The van der Waals surface area contributed by atoms with Crippen molar-refractivity contribution in [1.82, 2.24) is 4.98 Å². The zero-order chi connectivity index (χ0) is 10.7. The molecule has 0 amide bonds. The maximum atomic E-state index is 11.1. The standard InChI is InChI=1S/C11H9NO2S/c1-2-5-10(13)14-11-12-8-6-3-4-7-9(8)15-11/h2-7H,1H3/b5-2+. The quantitative estimate of drug-likeness (QED) is 0.576. The lowest BCUT2D eigenvalue weighted by Gasteiger charge is -1.92. The molecule has 0 radical (unpaired) electrons. The Bertz CT molecular complexity index is 483. The highest BCUT2D eigenvalue weighted by molar-refractivity contribution is 7.20. The first-order chi connectivity index (χ1) is 7.29. The maximum absolute atomic E-state index is 11.1. The van der Waals surface area contributed by atoms with Crippen LogP contribution >= 0.6 is 11.3 Å².